The molecule has 410 valence electrons. The Morgan fingerprint density at radius 2 is 1.00 bits per heavy atom. The minimum Gasteiger partial charge on any atom is -0.274 e. The lowest BCUT2D eigenvalue weighted by Gasteiger charge is -2.30. The molecule has 0 saturated carbocycles. The van der Waals surface area contributed by atoms with Crippen molar-refractivity contribution < 1.29 is 9.59 Å². The number of hydrogen-bond acceptors (Lipinski definition) is 8. The molecule has 10 rings (SSSR count). The van der Waals surface area contributed by atoms with Crippen LogP contribution in [0.2, 0.25) is 0 Å². The molecular formula is C67H75Br2NO2S6. The van der Waals surface area contributed by atoms with Crippen LogP contribution in [0.25, 0.3) is 60.9 Å². The third-order valence-electron chi connectivity index (χ3n) is 16.4. The summed E-state index contributed by atoms with van der Waals surface area (Å²) in [6.07, 6.45) is 21.5. The second kappa shape index (κ2) is 26.3. The van der Waals surface area contributed by atoms with Crippen molar-refractivity contribution >= 4 is 142 Å². The Labute approximate surface area is 505 Å². The molecular weight excluding hydrogens is 1200 g/mol. The van der Waals surface area contributed by atoms with Gasteiger partial charge in [0, 0.05) is 98.9 Å². The van der Waals surface area contributed by atoms with Crippen LogP contribution < -0.4 is 0 Å². The van der Waals surface area contributed by atoms with E-state index in [-0.39, 0.29) is 22.6 Å². The highest BCUT2D eigenvalue weighted by atomic mass is 79.9. The van der Waals surface area contributed by atoms with Crippen LogP contribution in [0.15, 0.2) is 97.1 Å². The highest BCUT2D eigenvalue weighted by Gasteiger charge is 2.44. The molecule has 2 atom stereocenters. The zero-order valence-corrected chi connectivity index (χ0v) is 54.3. The number of thiophene rings is 6. The molecule has 6 aromatic heterocycles. The van der Waals surface area contributed by atoms with Crippen molar-refractivity contribution in [3.05, 3.63) is 138 Å². The van der Waals surface area contributed by atoms with E-state index in [9.17, 15) is 9.59 Å². The first-order valence-electron chi connectivity index (χ1n) is 29.0. The van der Waals surface area contributed by atoms with Gasteiger partial charge < -0.3 is 0 Å². The van der Waals surface area contributed by atoms with Gasteiger partial charge in [0.2, 0.25) is 0 Å². The summed E-state index contributed by atoms with van der Waals surface area (Å²) in [6, 6.07) is 37.0. The average Bonchev–Trinajstić information content (AvgIpc) is 4.08. The number of aryl methyl sites for hydroxylation is 2. The number of rotatable bonds is 29. The number of fused-ring (bicyclic) bond motifs is 5. The van der Waals surface area contributed by atoms with Crippen LogP contribution in [0.5, 0.6) is 0 Å². The molecule has 78 heavy (non-hydrogen) atoms. The number of unbranched alkanes of at least 4 members (excludes halogenated alkanes) is 10. The van der Waals surface area contributed by atoms with Crippen LogP contribution in [0, 0.1) is 0 Å². The number of alkyl halides is 2. The second-order valence-corrected chi connectivity index (χ2v) is 30.1. The van der Waals surface area contributed by atoms with Crippen molar-refractivity contribution in [3.63, 3.8) is 0 Å². The molecule has 7 heterocycles. The average molecular weight is 1280 g/mol. The molecule has 0 spiro atoms. The molecule has 3 aromatic carbocycles. The molecule has 0 N–H and O–H groups in total. The Kier molecular flexibility index (Phi) is 19.6. The molecule has 0 aliphatic carbocycles. The first kappa shape index (κ1) is 58.0. The predicted octanol–water partition coefficient (Wildman–Crippen LogP) is 23.3. The second-order valence-electron chi connectivity index (χ2n) is 22.0. The van der Waals surface area contributed by atoms with Crippen LogP contribution in [-0.2, 0) is 23.7 Å². The number of imide groups is 1. The number of amides is 2. The van der Waals surface area contributed by atoms with Crippen molar-refractivity contribution in [2.45, 2.75) is 167 Å². The SMILES string of the molecule is CCCCCCCN1C(=O)c2sc3c(-c4cc5c(-c6ccc(CCCCCCBr)s6)c6sc([C@](C)(CCC)c7ccccc7)cc6c(-c6ccc(CCCCCCBr)s6)c5s4)sc(C(C)(CCC)c4ccccc4)c3c2C1=O. The third kappa shape index (κ3) is 11.6. The summed E-state index contributed by atoms with van der Waals surface area (Å²) in [4.78, 5) is 42.4. The number of benzene rings is 3. The molecule has 0 radical (unpaired) electrons. The van der Waals surface area contributed by atoms with Crippen molar-refractivity contribution in [1.82, 2.24) is 4.90 Å². The topological polar surface area (TPSA) is 37.4 Å². The first-order valence-corrected chi connectivity index (χ1v) is 36.1. The molecule has 1 aliphatic heterocycles. The Morgan fingerprint density at radius 3 is 1.59 bits per heavy atom. The van der Waals surface area contributed by atoms with Crippen LogP contribution in [0.4, 0.5) is 0 Å². The van der Waals surface area contributed by atoms with Crippen LogP contribution >= 0.6 is 99.9 Å². The number of halogens is 2. The number of carbonyl (C=O) groups is 2. The van der Waals surface area contributed by atoms with Gasteiger partial charge >= 0.3 is 0 Å². The number of hydrogen-bond donors (Lipinski definition) is 0. The minimum absolute atomic E-state index is 0.106. The summed E-state index contributed by atoms with van der Waals surface area (Å²) in [6.45, 7) is 12.2. The van der Waals surface area contributed by atoms with Gasteiger partial charge in [-0.15, -0.1) is 68.0 Å². The van der Waals surface area contributed by atoms with Gasteiger partial charge in [0.1, 0.15) is 4.88 Å². The monoisotopic (exact) mass is 1280 g/mol. The van der Waals surface area contributed by atoms with Crippen molar-refractivity contribution in [2.24, 2.45) is 0 Å². The molecule has 2 amide bonds. The zero-order valence-electron chi connectivity index (χ0n) is 46.3. The number of carbonyl (C=O) groups excluding carboxylic acids is 2. The van der Waals surface area contributed by atoms with Crippen molar-refractivity contribution in [2.75, 3.05) is 17.2 Å². The fourth-order valence-electron chi connectivity index (χ4n) is 12.2. The van der Waals surface area contributed by atoms with Gasteiger partial charge in [0.05, 0.1) is 15.1 Å². The van der Waals surface area contributed by atoms with E-state index in [1.807, 2.05) is 56.7 Å². The van der Waals surface area contributed by atoms with Gasteiger partial charge in [-0.2, -0.15) is 0 Å². The molecule has 0 saturated heterocycles. The fourth-order valence-corrected chi connectivity index (χ4v) is 21.1. The maximum Gasteiger partial charge on any atom is 0.271 e. The maximum atomic E-state index is 14.9. The van der Waals surface area contributed by atoms with Crippen LogP contribution in [0.1, 0.15) is 194 Å². The summed E-state index contributed by atoms with van der Waals surface area (Å²) < 4.78 is 3.80. The Bertz CT molecular complexity index is 3380. The summed E-state index contributed by atoms with van der Waals surface area (Å²) in [7, 11) is 0. The van der Waals surface area contributed by atoms with Gasteiger partial charge in [-0.05, 0) is 105 Å². The molecule has 9 aromatic rings. The summed E-state index contributed by atoms with van der Waals surface area (Å²) in [5.74, 6) is -0.216. The van der Waals surface area contributed by atoms with Crippen LogP contribution in [0.3, 0.4) is 0 Å². The van der Waals surface area contributed by atoms with E-state index in [1.165, 1.54) is 139 Å². The third-order valence-corrected chi connectivity index (χ3v) is 25.4. The van der Waals surface area contributed by atoms with E-state index >= 15 is 0 Å². The maximum absolute atomic E-state index is 14.9. The molecule has 1 aliphatic rings. The Hall–Kier alpha value is -3.26. The normalized spacial score (nSPS) is 14.4. The Balaban J connectivity index is 1.22. The minimum atomic E-state index is -0.373. The fraction of sp³-hybridized carbons (Fsp3) is 0.433. The summed E-state index contributed by atoms with van der Waals surface area (Å²) in [5.41, 5.74) is 5.46. The standard InChI is InChI=1S/C67H75Br2NO2S6/c1-6-9-10-15-26-41-70-64(71)57-56-61(77-62(57)65(70)72)60(78-63(56)67(5,38-8-3)45-29-20-17-21-30-45)52-42-48-54(50-35-33-46(73-50)31-22-11-13-24-39-68)59-49(43-53(76-59)66(4,37-7-2)44-27-18-16-19-28-44)55(58(48)75-52)51-36-34-47(74-51)32-23-12-14-25-40-69/h16-21,27-30,33-36,42-43H,6-15,22-26,31-32,37-41H2,1-5H3/t66-,67?/m1/s1. The zero-order chi connectivity index (χ0) is 54.4. The summed E-state index contributed by atoms with van der Waals surface area (Å²) >= 11 is 18.7. The van der Waals surface area contributed by atoms with Gasteiger partial charge in [-0.1, -0.05) is 191 Å². The first-order chi connectivity index (χ1) is 38.1. The van der Waals surface area contributed by atoms with Gasteiger partial charge in [-0.3, -0.25) is 14.5 Å². The van der Waals surface area contributed by atoms with Crippen LogP contribution in [-0.4, -0.2) is 33.9 Å². The molecule has 3 nitrogen and oxygen atoms in total. The predicted molar refractivity (Wildman–Crippen MR) is 354 cm³/mol. The molecule has 0 fully saturated rings. The largest absolute Gasteiger partial charge is 0.274 e. The summed E-state index contributed by atoms with van der Waals surface area (Å²) in [5, 5.41) is 5.83. The van der Waals surface area contributed by atoms with E-state index < -0.39 is 0 Å². The van der Waals surface area contributed by atoms with E-state index in [4.69, 9.17) is 0 Å². The molecule has 0 bridgehead atoms. The smallest absolute Gasteiger partial charge is 0.271 e. The number of nitrogens with zero attached hydrogens (tertiary/aromatic N) is 1. The highest BCUT2D eigenvalue weighted by molar-refractivity contribution is 9.09. The van der Waals surface area contributed by atoms with E-state index in [1.54, 1.807) is 16.2 Å². The van der Waals surface area contributed by atoms with Crippen molar-refractivity contribution in [1.29, 1.82) is 0 Å². The van der Waals surface area contributed by atoms with Gasteiger partial charge in [0.15, 0.2) is 0 Å². The molecule has 11 heteroatoms. The lowest BCUT2D eigenvalue weighted by atomic mass is 9.76. The van der Waals surface area contributed by atoms with E-state index in [0.717, 1.165) is 85.0 Å². The van der Waals surface area contributed by atoms with E-state index in [0.29, 0.717) is 17.0 Å². The Morgan fingerprint density at radius 1 is 0.462 bits per heavy atom. The lowest BCUT2D eigenvalue weighted by Crippen LogP contribution is -2.31. The quantitative estimate of drug-likeness (QED) is 0.0266. The van der Waals surface area contributed by atoms with Crippen molar-refractivity contribution in [3.8, 4) is 30.6 Å². The lowest BCUT2D eigenvalue weighted by molar-refractivity contribution is 0.0653. The highest BCUT2D eigenvalue weighted by Crippen LogP contribution is 2.59. The van der Waals surface area contributed by atoms with Gasteiger partial charge in [0.25, 0.3) is 11.8 Å². The van der Waals surface area contributed by atoms with E-state index in [2.05, 4.69) is 164 Å². The molecule has 1 unspecified atom stereocenters. The van der Waals surface area contributed by atoms with Gasteiger partial charge in [-0.25, -0.2) is 0 Å².